The molecule has 0 unspecified atom stereocenters. The second-order valence-electron chi connectivity index (χ2n) is 4.64. The lowest BCUT2D eigenvalue weighted by atomic mass is 10.1. The monoisotopic (exact) mass is 373 g/mol. The van der Waals surface area contributed by atoms with Crippen molar-refractivity contribution in [3.8, 4) is 11.5 Å². The van der Waals surface area contributed by atoms with Crippen molar-refractivity contribution in [1.82, 2.24) is 4.90 Å². The van der Waals surface area contributed by atoms with Crippen molar-refractivity contribution in [2.24, 2.45) is 0 Å². The van der Waals surface area contributed by atoms with Gasteiger partial charge in [0.25, 0.3) is 5.91 Å². The Morgan fingerprint density at radius 1 is 1.32 bits per heavy atom. The minimum Gasteiger partial charge on any atom is -0.495 e. The molecule has 8 heteroatoms. The maximum Gasteiger partial charge on any atom is 0.334 e. The molecule has 1 aromatic rings. The third-order valence-electron chi connectivity index (χ3n) is 3.32. The third kappa shape index (κ3) is 3.33. The van der Waals surface area contributed by atoms with E-state index in [0.29, 0.717) is 28.1 Å². The number of carboxylic acids is 1. The molecule has 0 radical (unpaired) electrons. The highest BCUT2D eigenvalue weighted by Gasteiger charge is 2.30. The Bertz CT molecular complexity index is 566. The predicted molar refractivity (Wildman–Crippen MR) is 80.5 cm³/mol. The molecular formula is C14H16BrNO6. The molecule has 1 heterocycles. The minimum atomic E-state index is -1.08. The topological polar surface area (TPSA) is 85.3 Å². The maximum atomic E-state index is 12.6. The number of aliphatic carboxylic acids is 1. The van der Waals surface area contributed by atoms with Gasteiger partial charge in [-0.2, -0.15) is 0 Å². The molecule has 0 aliphatic carbocycles. The molecule has 1 aromatic carbocycles. The van der Waals surface area contributed by atoms with Gasteiger partial charge < -0.3 is 24.2 Å². The van der Waals surface area contributed by atoms with Crippen LogP contribution < -0.4 is 9.47 Å². The van der Waals surface area contributed by atoms with Gasteiger partial charge in [-0.15, -0.1) is 0 Å². The van der Waals surface area contributed by atoms with E-state index in [0.717, 1.165) is 0 Å². The van der Waals surface area contributed by atoms with Gasteiger partial charge in [0, 0.05) is 12.1 Å². The van der Waals surface area contributed by atoms with Gasteiger partial charge in [-0.1, -0.05) is 0 Å². The van der Waals surface area contributed by atoms with Crippen molar-refractivity contribution in [1.29, 1.82) is 0 Å². The van der Waals surface area contributed by atoms with Gasteiger partial charge in [-0.05, 0) is 28.1 Å². The molecule has 120 valence electrons. The molecular weight excluding hydrogens is 358 g/mol. The normalized spacial score (nSPS) is 18.0. The van der Waals surface area contributed by atoms with E-state index in [1.165, 1.54) is 19.1 Å². The van der Waals surface area contributed by atoms with Crippen molar-refractivity contribution in [3.63, 3.8) is 0 Å². The van der Waals surface area contributed by atoms with E-state index in [-0.39, 0.29) is 19.1 Å². The summed E-state index contributed by atoms with van der Waals surface area (Å²) in [5.74, 6) is -0.446. The van der Waals surface area contributed by atoms with Crippen LogP contribution in [0.3, 0.4) is 0 Å². The SMILES string of the molecule is COc1cc(C(=O)N2CCO[C@H](C(=O)O)C2)cc(OC)c1Br. The molecule has 7 nitrogen and oxygen atoms in total. The number of methoxy groups -OCH3 is 2. The van der Waals surface area contributed by atoms with Crippen LogP contribution in [0.4, 0.5) is 0 Å². The first kappa shape index (κ1) is 16.6. The van der Waals surface area contributed by atoms with Crippen molar-refractivity contribution in [2.75, 3.05) is 33.9 Å². The largest absolute Gasteiger partial charge is 0.495 e. The summed E-state index contributed by atoms with van der Waals surface area (Å²) in [4.78, 5) is 25.0. The average Bonchev–Trinajstić information content (AvgIpc) is 2.54. The summed E-state index contributed by atoms with van der Waals surface area (Å²) < 4.78 is 16.1. The number of hydrogen-bond acceptors (Lipinski definition) is 5. The van der Waals surface area contributed by atoms with Crippen LogP contribution in [0, 0.1) is 0 Å². The summed E-state index contributed by atoms with van der Waals surface area (Å²) in [6.45, 7) is 0.533. The van der Waals surface area contributed by atoms with Crippen LogP contribution >= 0.6 is 15.9 Å². The number of benzene rings is 1. The molecule has 1 aliphatic heterocycles. The van der Waals surface area contributed by atoms with Gasteiger partial charge in [0.2, 0.25) is 0 Å². The summed E-state index contributed by atoms with van der Waals surface area (Å²) in [6, 6.07) is 3.17. The summed E-state index contributed by atoms with van der Waals surface area (Å²) >= 11 is 3.34. The number of carbonyl (C=O) groups excluding carboxylic acids is 1. The highest BCUT2D eigenvalue weighted by atomic mass is 79.9. The lowest BCUT2D eigenvalue weighted by Crippen LogP contribution is -2.48. The fraction of sp³-hybridized carbons (Fsp3) is 0.429. The highest BCUT2D eigenvalue weighted by Crippen LogP contribution is 2.36. The maximum absolute atomic E-state index is 12.6. The standard InChI is InChI=1S/C14H16BrNO6/c1-20-9-5-8(6-10(21-2)12(9)15)13(17)16-3-4-22-11(7-16)14(18)19/h5-6,11H,3-4,7H2,1-2H3,(H,18,19)/t11-/m0/s1. The van der Waals surface area contributed by atoms with E-state index in [9.17, 15) is 9.59 Å². The zero-order valence-electron chi connectivity index (χ0n) is 12.2. The van der Waals surface area contributed by atoms with Crippen molar-refractivity contribution in [3.05, 3.63) is 22.2 Å². The third-order valence-corrected chi connectivity index (χ3v) is 4.10. The molecule has 0 saturated carbocycles. The van der Waals surface area contributed by atoms with E-state index >= 15 is 0 Å². The molecule has 1 amide bonds. The molecule has 1 saturated heterocycles. The molecule has 2 rings (SSSR count). The summed E-state index contributed by atoms with van der Waals surface area (Å²) in [6.07, 6.45) is -1.00. The number of amides is 1. The molecule has 1 atom stereocenters. The number of nitrogens with zero attached hydrogens (tertiary/aromatic N) is 1. The number of carboxylic acid groups (broad SMARTS) is 1. The van der Waals surface area contributed by atoms with Crippen molar-refractivity contribution >= 4 is 27.8 Å². The molecule has 0 spiro atoms. The fourth-order valence-electron chi connectivity index (χ4n) is 2.16. The van der Waals surface area contributed by atoms with E-state index < -0.39 is 12.1 Å². The van der Waals surface area contributed by atoms with Crippen molar-refractivity contribution in [2.45, 2.75) is 6.10 Å². The van der Waals surface area contributed by atoms with Crippen LogP contribution in [0.5, 0.6) is 11.5 Å². The Morgan fingerprint density at radius 3 is 2.41 bits per heavy atom. The Morgan fingerprint density at radius 2 is 1.91 bits per heavy atom. The van der Waals surface area contributed by atoms with Crippen LogP contribution in [-0.4, -0.2) is 61.9 Å². The zero-order valence-corrected chi connectivity index (χ0v) is 13.8. The lowest BCUT2D eigenvalue weighted by molar-refractivity contribution is -0.154. The van der Waals surface area contributed by atoms with Crippen molar-refractivity contribution < 1.29 is 28.9 Å². The summed E-state index contributed by atoms with van der Waals surface area (Å²) in [7, 11) is 2.98. The first-order valence-corrected chi connectivity index (χ1v) is 7.32. The van der Waals surface area contributed by atoms with Gasteiger partial charge in [0.15, 0.2) is 6.10 Å². The van der Waals surface area contributed by atoms with Crippen LogP contribution in [0.1, 0.15) is 10.4 Å². The number of rotatable bonds is 4. The second kappa shape index (κ2) is 6.97. The molecule has 0 bridgehead atoms. The van der Waals surface area contributed by atoms with E-state index in [1.807, 2.05) is 0 Å². The minimum absolute atomic E-state index is 0.00879. The first-order chi connectivity index (χ1) is 10.5. The molecule has 0 aromatic heterocycles. The Kier molecular flexibility index (Phi) is 5.25. The quantitative estimate of drug-likeness (QED) is 0.858. The first-order valence-electron chi connectivity index (χ1n) is 6.53. The molecule has 1 fully saturated rings. The lowest BCUT2D eigenvalue weighted by Gasteiger charge is -2.31. The Balaban J connectivity index is 2.27. The van der Waals surface area contributed by atoms with E-state index in [1.54, 1.807) is 12.1 Å². The number of hydrogen-bond donors (Lipinski definition) is 1. The van der Waals surface area contributed by atoms with Crippen LogP contribution in [0.2, 0.25) is 0 Å². The molecule has 22 heavy (non-hydrogen) atoms. The zero-order chi connectivity index (χ0) is 16.3. The summed E-state index contributed by atoms with van der Waals surface area (Å²) in [5.41, 5.74) is 0.364. The van der Waals surface area contributed by atoms with Gasteiger partial charge >= 0.3 is 5.97 Å². The van der Waals surface area contributed by atoms with E-state index in [2.05, 4.69) is 15.9 Å². The van der Waals surface area contributed by atoms with Gasteiger partial charge in [0.1, 0.15) is 16.0 Å². The van der Waals surface area contributed by atoms with Crippen LogP contribution in [0.15, 0.2) is 16.6 Å². The number of carbonyl (C=O) groups is 2. The smallest absolute Gasteiger partial charge is 0.334 e. The Labute approximate surface area is 135 Å². The van der Waals surface area contributed by atoms with E-state index in [4.69, 9.17) is 19.3 Å². The van der Waals surface area contributed by atoms with Gasteiger partial charge in [-0.3, -0.25) is 4.79 Å². The van der Waals surface area contributed by atoms with Gasteiger partial charge in [0.05, 0.1) is 27.4 Å². The van der Waals surface area contributed by atoms with Crippen LogP contribution in [-0.2, 0) is 9.53 Å². The number of halogens is 1. The van der Waals surface area contributed by atoms with Gasteiger partial charge in [-0.25, -0.2) is 4.79 Å². The summed E-state index contributed by atoms with van der Waals surface area (Å²) in [5, 5.41) is 9.00. The second-order valence-corrected chi connectivity index (χ2v) is 5.44. The molecule has 1 aliphatic rings. The number of morpholine rings is 1. The average molecular weight is 374 g/mol. The number of ether oxygens (including phenoxy) is 3. The Hall–Kier alpha value is -1.80. The predicted octanol–water partition coefficient (Wildman–Crippen LogP) is 1.39. The van der Waals surface area contributed by atoms with Crippen LogP contribution in [0.25, 0.3) is 0 Å². The molecule has 1 N–H and O–H groups in total. The fourth-order valence-corrected chi connectivity index (χ4v) is 2.71. The highest BCUT2D eigenvalue weighted by molar-refractivity contribution is 9.10.